The maximum atomic E-state index is 11.1. The van der Waals surface area contributed by atoms with E-state index in [2.05, 4.69) is 10.3 Å². The fourth-order valence-electron chi connectivity index (χ4n) is 1.49. The molecule has 1 aromatic carbocycles. The number of aromatic nitrogens is 1. The van der Waals surface area contributed by atoms with E-state index in [-0.39, 0.29) is 11.5 Å². The van der Waals surface area contributed by atoms with E-state index >= 15 is 0 Å². The summed E-state index contributed by atoms with van der Waals surface area (Å²) in [5.74, 6) is -0.131. The molecule has 0 aliphatic heterocycles. The Labute approximate surface area is 85.9 Å². The monoisotopic (exact) mass is 202 g/mol. The molecular weight excluding hydrogens is 192 g/mol. The Morgan fingerprint density at radius 2 is 2.07 bits per heavy atom. The molecule has 0 spiro atoms. The molecule has 15 heavy (non-hydrogen) atoms. The van der Waals surface area contributed by atoms with Crippen LogP contribution in [-0.2, 0) is 4.79 Å². The lowest BCUT2D eigenvalue weighted by Gasteiger charge is -2.05. The first-order chi connectivity index (χ1) is 7.16. The third-order valence-electron chi connectivity index (χ3n) is 2.08. The number of aromatic amines is 1. The summed E-state index contributed by atoms with van der Waals surface area (Å²) in [6, 6.07) is 8.50. The van der Waals surface area contributed by atoms with Crippen LogP contribution in [0.5, 0.6) is 0 Å². The molecule has 0 radical (unpaired) electrons. The lowest BCUT2D eigenvalue weighted by atomic mass is 10.2. The van der Waals surface area contributed by atoms with E-state index in [4.69, 9.17) is 0 Å². The zero-order chi connectivity index (χ0) is 10.8. The van der Waals surface area contributed by atoms with Gasteiger partial charge in [0, 0.05) is 18.4 Å². The minimum Gasteiger partial charge on any atom is -0.326 e. The SMILES string of the molecule is CC(=O)Nc1cccc2[nH]c(=O)ccc12. The van der Waals surface area contributed by atoms with Crippen molar-refractivity contribution in [1.82, 2.24) is 4.98 Å². The molecule has 0 aliphatic rings. The Morgan fingerprint density at radius 3 is 2.80 bits per heavy atom. The van der Waals surface area contributed by atoms with Gasteiger partial charge in [-0.2, -0.15) is 0 Å². The third kappa shape index (κ3) is 1.88. The number of hydrogen-bond acceptors (Lipinski definition) is 2. The molecule has 2 N–H and O–H groups in total. The Hall–Kier alpha value is -2.10. The molecule has 4 heteroatoms. The van der Waals surface area contributed by atoms with Crippen molar-refractivity contribution < 1.29 is 4.79 Å². The summed E-state index contributed by atoms with van der Waals surface area (Å²) >= 11 is 0. The highest BCUT2D eigenvalue weighted by Gasteiger charge is 2.01. The average Bonchev–Trinajstić information content (AvgIpc) is 2.16. The molecule has 0 saturated carbocycles. The van der Waals surface area contributed by atoms with Gasteiger partial charge in [-0.3, -0.25) is 9.59 Å². The minimum absolute atomic E-state index is 0.131. The summed E-state index contributed by atoms with van der Waals surface area (Å²) in [7, 11) is 0. The van der Waals surface area contributed by atoms with E-state index in [0.717, 1.165) is 5.39 Å². The van der Waals surface area contributed by atoms with Gasteiger partial charge in [-0.05, 0) is 18.2 Å². The van der Waals surface area contributed by atoms with Crippen molar-refractivity contribution in [3.63, 3.8) is 0 Å². The minimum atomic E-state index is -0.150. The van der Waals surface area contributed by atoms with Crippen molar-refractivity contribution in [3.8, 4) is 0 Å². The van der Waals surface area contributed by atoms with Crippen molar-refractivity contribution in [1.29, 1.82) is 0 Å². The molecule has 0 fully saturated rings. The van der Waals surface area contributed by atoms with Crippen LogP contribution in [0.3, 0.4) is 0 Å². The van der Waals surface area contributed by atoms with Crippen molar-refractivity contribution >= 4 is 22.5 Å². The molecule has 4 nitrogen and oxygen atoms in total. The van der Waals surface area contributed by atoms with Crippen molar-refractivity contribution in [2.75, 3.05) is 5.32 Å². The number of fused-ring (bicyclic) bond motifs is 1. The van der Waals surface area contributed by atoms with Crippen LogP contribution in [0.1, 0.15) is 6.92 Å². The molecule has 1 aromatic heterocycles. The Balaban J connectivity index is 2.65. The number of anilines is 1. The summed E-state index contributed by atoms with van der Waals surface area (Å²) in [6.07, 6.45) is 0. The number of amides is 1. The highest BCUT2D eigenvalue weighted by molar-refractivity contribution is 5.99. The molecule has 0 atom stereocenters. The molecule has 1 amide bonds. The molecular formula is C11H10N2O2. The summed E-state index contributed by atoms with van der Waals surface area (Å²) in [5.41, 5.74) is 1.27. The van der Waals surface area contributed by atoms with Gasteiger partial charge in [-0.15, -0.1) is 0 Å². The number of nitrogens with one attached hydrogen (secondary N) is 2. The first-order valence-electron chi connectivity index (χ1n) is 4.56. The van der Waals surface area contributed by atoms with E-state index in [0.29, 0.717) is 11.2 Å². The Bertz CT molecular complexity index is 572. The van der Waals surface area contributed by atoms with E-state index < -0.39 is 0 Å². The van der Waals surface area contributed by atoms with Crippen LogP contribution in [0.15, 0.2) is 35.1 Å². The first kappa shape index (κ1) is 9.45. The second kappa shape index (κ2) is 3.57. The maximum Gasteiger partial charge on any atom is 0.248 e. The first-order valence-corrected chi connectivity index (χ1v) is 4.56. The molecule has 0 saturated heterocycles. The van der Waals surface area contributed by atoms with Gasteiger partial charge in [0.2, 0.25) is 11.5 Å². The second-order valence-corrected chi connectivity index (χ2v) is 3.27. The quantitative estimate of drug-likeness (QED) is 0.735. The van der Waals surface area contributed by atoms with Gasteiger partial charge in [-0.1, -0.05) is 6.07 Å². The summed E-state index contributed by atoms with van der Waals surface area (Å²) in [4.78, 5) is 24.7. The number of benzene rings is 1. The lowest BCUT2D eigenvalue weighted by Crippen LogP contribution is -2.08. The van der Waals surface area contributed by atoms with Crippen LogP contribution in [0, 0.1) is 0 Å². The molecule has 2 rings (SSSR count). The van der Waals surface area contributed by atoms with E-state index in [1.165, 1.54) is 13.0 Å². The normalized spacial score (nSPS) is 10.2. The molecule has 2 aromatic rings. The maximum absolute atomic E-state index is 11.1. The third-order valence-corrected chi connectivity index (χ3v) is 2.08. The van der Waals surface area contributed by atoms with Crippen LogP contribution in [-0.4, -0.2) is 10.9 Å². The van der Waals surface area contributed by atoms with E-state index in [9.17, 15) is 9.59 Å². The summed E-state index contributed by atoms with van der Waals surface area (Å²) in [6.45, 7) is 1.45. The van der Waals surface area contributed by atoms with Crippen molar-refractivity contribution in [2.24, 2.45) is 0 Å². The Kier molecular flexibility index (Phi) is 2.25. The summed E-state index contributed by atoms with van der Waals surface area (Å²) < 4.78 is 0. The highest BCUT2D eigenvalue weighted by Crippen LogP contribution is 2.19. The van der Waals surface area contributed by atoms with Gasteiger partial charge in [0.15, 0.2) is 0 Å². The Morgan fingerprint density at radius 1 is 1.27 bits per heavy atom. The van der Waals surface area contributed by atoms with Gasteiger partial charge in [0.25, 0.3) is 0 Å². The van der Waals surface area contributed by atoms with Crippen LogP contribution >= 0.6 is 0 Å². The predicted octanol–water partition coefficient (Wildman–Crippen LogP) is 1.49. The molecule has 1 heterocycles. The van der Waals surface area contributed by atoms with E-state index in [1.807, 2.05) is 0 Å². The van der Waals surface area contributed by atoms with Crippen molar-refractivity contribution in [3.05, 3.63) is 40.7 Å². The van der Waals surface area contributed by atoms with Gasteiger partial charge >= 0.3 is 0 Å². The largest absolute Gasteiger partial charge is 0.326 e. The van der Waals surface area contributed by atoms with Gasteiger partial charge in [0.1, 0.15) is 0 Å². The highest BCUT2D eigenvalue weighted by atomic mass is 16.1. The summed E-state index contributed by atoms with van der Waals surface area (Å²) in [5, 5.41) is 3.53. The molecule has 0 bridgehead atoms. The van der Waals surface area contributed by atoms with Crippen LogP contribution in [0.2, 0.25) is 0 Å². The molecule has 0 unspecified atom stereocenters. The second-order valence-electron chi connectivity index (χ2n) is 3.27. The smallest absolute Gasteiger partial charge is 0.248 e. The number of pyridine rings is 1. The number of H-pyrrole nitrogens is 1. The number of carbonyl (C=O) groups excluding carboxylic acids is 1. The number of hydrogen-bond donors (Lipinski definition) is 2. The number of rotatable bonds is 1. The van der Waals surface area contributed by atoms with Crippen LogP contribution in [0.25, 0.3) is 10.9 Å². The zero-order valence-electron chi connectivity index (χ0n) is 8.20. The van der Waals surface area contributed by atoms with Crippen molar-refractivity contribution in [2.45, 2.75) is 6.92 Å². The van der Waals surface area contributed by atoms with Gasteiger partial charge in [-0.25, -0.2) is 0 Å². The average molecular weight is 202 g/mol. The lowest BCUT2D eigenvalue weighted by molar-refractivity contribution is -0.114. The van der Waals surface area contributed by atoms with Gasteiger partial charge < -0.3 is 10.3 Å². The topological polar surface area (TPSA) is 62.0 Å². The fourth-order valence-corrected chi connectivity index (χ4v) is 1.49. The predicted molar refractivity (Wildman–Crippen MR) is 58.9 cm³/mol. The standard InChI is InChI=1S/C11H10N2O2/c1-7(14)12-9-3-2-4-10-8(9)5-6-11(15)13-10/h2-6H,1H3,(H,12,14)(H,13,15). The van der Waals surface area contributed by atoms with Crippen LogP contribution in [0.4, 0.5) is 5.69 Å². The van der Waals surface area contributed by atoms with Gasteiger partial charge in [0.05, 0.1) is 11.2 Å². The zero-order valence-corrected chi connectivity index (χ0v) is 8.20. The van der Waals surface area contributed by atoms with Crippen LogP contribution < -0.4 is 10.9 Å². The van der Waals surface area contributed by atoms with E-state index in [1.54, 1.807) is 24.3 Å². The molecule has 0 aliphatic carbocycles. The number of carbonyl (C=O) groups is 1. The molecule has 76 valence electrons. The fraction of sp³-hybridized carbons (Fsp3) is 0.0909.